The molecule has 0 aromatic heterocycles. The maximum absolute atomic E-state index is 12.4. The molecule has 0 saturated heterocycles. The van der Waals surface area contributed by atoms with Gasteiger partial charge in [0.2, 0.25) is 5.91 Å². The lowest BCUT2D eigenvalue weighted by atomic mass is 10.1. The molecular weight excluding hydrogens is 336 g/mol. The molecule has 0 radical (unpaired) electrons. The average Bonchev–Trinajstić information content (AvgIpc) is 3.41. The average molecular weight is 359 g/mol. The molecular formula is C20H23ClN2O2. The van der Waals surface area contributed by atoms with Crippen LogP contribution in [0.5, 0.6) is 5.75 Å². The Labute approximate surface area is 153 Å². The molecule has 3 rings (SSSR count). The van der Waals surface area contributed by atoms with Crippen molar-refractivity contribution >= 4 is 23.2 Å². The van der Waals surface area contributed by atoms with E-state index in [9.17, 15) is 4.79 Å². The maximum atomic E-state index is 12.4. The molecule has 25 heavy (non-hydrogen) atoms. The van der Waals surface area contributed by atoms with Crippen LogP contribution < -0.4 is 10.1 Å². The lowest BCUT2D eigenvalue weighted by Gasteiger charge is -2.21. The van der Waals surface area contributed by atoms with E-state index in [1.807, 2.05) is 0 Å². The molecule has 1 N–H and O–H groups in total. The summed E-state index contributed by atoms with van der Waals surface area (Å²) in [5.41, 5.74) is 3.16. The van der Waals surface area contributed by atoms with Crippen molar-refractivity contribution < 1.29 is 9.53 Å². The number of nitrogens with one attached hydrogen (secondary N) is 1. The minimum absolute atomic E-state index is 0.0276. The van der Waals surface area contributed by atoms with Gasteiger partial charge in [0.1, 0.15) is 5.75 Å². The second kappa shape index (κ2) is 7.89. The maximum Gasteiger partial charge on any atom is 0.238 e. The zero-order valence-electron chi connectivity index (χ0n) is 14.6. The first kappa shape index (κ1) is 17.8. The molecule has 132 valence electrons. The summed E-state index contributed by atoms with van der Waals surface area (Å²) >= 11 is 6.11. The summed E-state index contributed by atoms with van der Waals surface area (Å²) in [5.74, 6) is 0.568. The van der Waals surface area contributed by atoms with Gasteiger partial charge in [0.05, 0.1) is 18.7 Å². The first-order chi connectivity index (χ1) is 12.0. The van der Waals surface area contributed by atoms with E-state index in [1.54, 1.807) is 25.3 Å². The van der Waals surface area contributed by atoms with Crippen LogP contribution in [-0.2, 0) is 11.3 Å². The van der Waals surface area contributed by atoms with E-state index < -0.39 is 0 Å². The van der Waals surface area contributed by atoms with Gasteiger partial charge in [0.15, 0.2) is 0 Å². The van der Waals surface area contributed by atoms with Gasteiger partial charge in [-0.05, 0) is 43.5 Å². The van der Waals surface area contributed by atoms with Crippen LogP contribution in [0.4, 0.5) is 5.69 Å². The molecule has 5 heteroatoms. The van der Waals surface area contributed by atoms with Crippen molar-refractivity contribution in [2.45, 2.75) is 32.4 Å². The lowest BCUT2D eigenvalue weighted by Crippen LogP contribution is -2.34. The van der Waals surface area contributed by atoms with Crippen molar-refractivity contribution in [3.8, 4) is 5.75 Å². The number of halogens is 1. The SMILES string of the molecule is COc1ccc(NC(=O)CN(Cc2ccc(C)cc2)C2CC2)cc1Cl. The summed E-state index contributed by atoms with van der Waals surface area (Å²) in [7, 11) is 1.57. The van der Waals surface area contributed by atoms with Gasteiger partial charge in [0, 0.05) is 18.3 Å². The summed E-state index contributed by atoms with van der Waals surface area (Å²) in [6.45, 7) is 3.25. The standard InChI is InChI=1S/C20H23ClN2O2/c1-14-3-5-15(6-4-14)12-23(17-8-9-17)13-20(24)22-16-7-10-19(25-2)18(21)11-16/h3-7,10-11,17H,8-9,12-13H2,1-2H3,(H,22,24). The largest absolute Gasteiger partial charge is 0.495 e. The number of rotatable bonds is 7. The first-order valence-corrected chi connectivity index (χ1v) is 8.86. The van der Waals surface area contributed by atoms with E-state index in [-0.39, 0.29) is 5.91 Å². The highest BCUT2D eigenvalue weighted by molar-refractivity contribution is 6.32. The molecule has 0 aliphatic heterocycles. The van der Waals surface area contributed by atoms with E-state index >= 15 is 0 Å². The van der Waals surface area contributed by atoms with Crippen molar-refractivity contribution in [1.82, 2.24) is 4.90 Å². The van der Waals surface area contributed by atoms with Gasteiger partial charge >= 0.3 is 0 Å². The minimum atomic E-state index is -0.0276. The van der Waals surface area contributed by atoms with Gasteiger partial charge < -0.3 is 10.1 Å². The third-order valence-electron chi connectivity index (χ3n) is 4.35. The summed E-state index contributed by atoms with van der Waals surface area (Å²) < 4.78 is 5.13. The van der Waals surface area contributed by atoms with Gasteiger partial charge in [-0.3, -0.25) is 9.69 Å². The van der Waals surface area contributed by atoms with Gasteiger partial charge in [-0.2, -0.15) is 0 Å². The Kier molecular flexibility index (Phi) is 5.61. The number of methoxy groups -OCH3 is 1. The highest BCUT2D eigenvalue weighted by Gasteiger charge is 2.30. The van der Waals surface area contributed by atoms with Crippen LogP contribution in [-0.4, -0.2) is 30.5 Å². The molecule has 1 fully saturated rings. The molecule has 0 bridgehead atoms. The van der Waals surface area contributed by atoms with Crippen LogP contribution in [0.2, 0.25) is 5.02 Å². The summed E-state index contributed by atoms with van der Waals surface area (Å²) in [6.07, 6.45) is 2.32. The summed E-state index contributed by atoms with van der Waals surface area (Å²) in [6, 6.07) is 14.2. The fourth-order valence-corrected chi connectivity index (χ4v) is 3.07. The number of carbonyl (C=O) groups is 1. The minimum Gasteiger partial charge on any atom is -0.495 e. The van der Waals surface area contributed by atoms with Crippen molar-refractivity contribution in [3.05, 3.63) is 58.6 Å². The number of anilines is 1. The first-order valence-electron chi connectivity index (χ1n) is 8.48. The lowest BCUT2D eigenvalue weighted by molar-refractivity contribution is -0.117. The Morgan fingerprint density at radius 1 is 1.24 bits per heavy atom. The van der Waals surface area contributed by atoms with E-state index in [4.69, 9.17) is 16.3 Å². The Morgan fingerprint density at radius 2 is 1.96 bits per heavy atom. The molecule has 0 unspecified atom stereocenters. The molecule has 1 aliphatic carbocycles. The van der Waals surface area contributed by atoms with Crippen LogP contribution >= 0.6 is 11.6 Å². The van der Waals surface area contributed by atoms with Crippen LogP contribution in [0.15, 0.2) is 42.5 Å². The number of nitrogens with zero attached hydrogens (tertiary/aromatic N) is 1. The number of carbonyl (C=O) groups excluding carboxylic acids is 1. The van der Waals surface area contributed by atoms with Crippen molar-refractivity contribution in [3.63, 3.8) is 0 Å². The van der Waals surface area contributed by atoms with Crippen LogP contribution in [0.1, 0.15) is 24.0 Å². The normalized spacial score (nSPS) is 13.8. The molecule has 2 aromatic rings. The highest BCUT2D eigenvalue weighted by Crippen LogP contribution is 2.29. The second-order valence-electron chi connectivity index (χ2n) is 6.52. The smallest absolute Gasteiger partial charge is 0.238 e. The Balaban J connectivity index is 1.61. The predicted octanol–water partition coefficient (Wildman–Crippen LogP) is 4.26. The molecule has 0 atom stereocenters. The van der Waals surface area contributed by atoms with Gasteiger partial charge in [-0.25, -0.2) is 0 Å². The Morgan fingerprint density at radius 3 is 2.56 bits per heavy atom. The highest BCUT2D eigenvalue weighted by atomic mass is 35.5. The molecule has 2 aromatic carbocycles. The van der Waals surface area contributed by atoms with Gasteiger partial charge in [-0.1, -0.05) is 41.4 Å². The summed E-state index contributed by atoms with van der Waals surface area (Å²) in [4.78, 5) is 14.7. The molecule has 0 spiro atoms. The summed E-state index contributed by atoms with van der Waals surface area (Å²) in [5, 5.41) is 3.41. The third kappa shape index (κ3) is 4.97. The van der Waals surface area contributed by atoms with E-state index in [1.165, 1.54) is 11.1 Å². The van der Waals surface area contributed by atoms with Crippen molar-refractivity contribution in [2.75, 3.05) is 19.0 Å². The number of amides is 1. The van der Waals surface area contributed by atoms with E-state index in [0.29, 0.717) is 29.0 Å². The number of hydrogen-bond acceptors (Lipinski definition) is 3. The quantitative estimate of drug-likeness (QED) is 0.804. The number of aryl methyl sites for hydroxylation is 1. The van der Waals surface area contributed by atoms with Crippen molar-refractivity contribution in [2.24, 2.45) is 0 Å². The third-order valence-corrected chi connectivity index (χ3v) is 4.65. The van der Waals surface area contributed by atoms with E-state index in [0.717, 1.165) is 19.4 Å². The van der Waals surface area contributed by atoms with Gasteiger partial charge in [-0.15, -0.1) is 0 Å². The molecule has 1 aliphatic rings. The molecule has 4 nitrogen and oxygen atoms in total. The fraction of sp³-hybridized carbons (Fsp3) is 0.350. The number of hydrogen-bond donors (Lipinski definition) is 1. The Hall–Kier alpha value is -2.04. The number of benzene rings is 2. The fourth-order valence-electron chi connectivity index (χ4n) is 2.81. The van der Waals surface area contributed by atoms with E-state index in [2.05, 4.69) is 41.4 Å². The van der Waals surface area contributed by atoms with Crippen LogP contribution in [0, 0.1) is 6.92 Å². The monoisotopic (exact) mass is 358 g/mol. The Bertz CT molecular complexity index is 742. The van der Waals surface area contributed by atoms with Crippen LogP contribution in [0.3, 0.4) is 0 Å². The molecule has 1 saturated carbocycles. The second-order valence-corrected chi connectivity index (χ2v) is 6.93. The van der Waals surface area contributed by atoms with Gasteiger partial charge in [0.25, 0.3) is 0 Å². The zero-order valence-corrected chi connectivity index (χ0v) is 15.3. The predicted molar refractivity (Wildman–Crippen MR) is 101 cm³/mol. The van der Waals surface area contributed by atoms with Crippen LogP contribution in [0.25, 0.3) is 0 Å². The molecule has 0 heterocycles. The zero-order chi connectivity index (χ0) is 17.8. The number of ether oxygens (including phenoxy) is 1. The molecule has 1 amide bonds. The van der Waals surface area contributed by atoms with Crippen molar-refractivity contribution in [1.29, 1.82) is 0 Å². The topological polar surface area (TPSA) is 41.6 Å².